The van der Waals surface area contributed by atoms with Crippen LogP contribution < -0.4 is 0 Å². The van der Waals surface area contributed by atoms with E-state index in [1.54, 1.807) is 24.8 Å². The van der Waals surface area contributed by atoms with E-state index in [0.717, 1.165) is 37.1 Å². The molecular formula is C19H25FN2O2S. The van der Waals surface area contributed by atoms with Crippen LogP contribution >= 0.6 is 11.8 Å². The van der Waals surface area contributed by atoms with Gasteiger partial charge in [-0.1, -0.05) is 18.2 Å². The van der Waals surface area contributed by atoms with Gasteiger partial charge in [0, 0.05) is 55.6 Å². The number of hydrogen-bond donors (Lipinski definition) is 0. The van der Waals surface area contributed by atoms with Gasteiger partial charge in [0.15, 0.2) is 0 Å². The lowest BCUT2D eigenvalue weighted by Gasteiger charge is -2.33. The van der Waals surface area contributed by atoms with Gasteiger partial charge in [0.05, 0.1) is 0 Å². The van der Waals surface area contributed by atoms with Crippen molar-refractivity contribution < 1.29 is 14.0 Å². The summed E-state index contributed by atoms with van der Waals surface area (Å²) in [6.07, 6.45) is 2.28. The number of nitrogens with zero attached hydrogens (tertiary/aromatic N) is 2. The highest BCUT2D eigenvalue weighted by Crippen LogP contribution is 2.36. The van der Waals surface area contributed by atoms with Gasteiger partial charge in [0.25, 0.3) is 0 Å². The molecule has 0 spiro atoms. The van der Waals surface area contributed by atoms with Gasteiger partial charge in [-0.15, -0.1) is 0 Å². The van der Waals surface area contributed by atoms with Crippen LogP contribution in [0.15, 0.2) is 24.3 Å². The second-order valence-corrected chi connectivity index (χ2v) is 8.09. The van der Waals surface area contributed by atoms with E-state index in [1.165, 1.54) is 6.07 Å². The molecule has 3 rings (SSSR count). The Morgan fingerprint density at radius 1 is 1.04 bits per heavy atom. The quantitative estimate of drug-likeness (QED) is 0.810. The van der Waals surface area contributed by atoms with Crippen molar-refractivity contribution >= 4 is 23.6 Å². The summed E-state index contributed by atoms with van der Waals surface area (Å²) in [5.41, 5.74) is 0.747. The number of thioether (sulfide) groups is 1. The minimum Gasteiger partial charge on any atom is -0.343 e. The molecule has 0 radical (unpaired) electrons. The highest BCUT2D eigenvalue weighted by Gasteiger charge is 2.31. The molecule has 1 unspecified atom stereocenters. The van der Waals surface area contributed by atoms with Gasteiger partial charge in [-0.2, -0.15) is 11.8 Å². The smallest absolute Gasteiger partial charge is 0.225 e. The summed E-state index contributed by atoms with van der Waals surface area (Å²) in [5, 5.41) is 0.110. The third-order valence-corrected chi connectivity index (χ3v) is 6.51. The average molecular weight is 364 g/mol. The zero-order valence-electron chi connectivity index (χ0n) is 14.6. The van der Waals surface area contributed by atoms with Gasteiger partial charge in [0.1, 0.15) is 5.82 Å². The first-order valence-corrected chi connectivity index (χ1v) is 10.0. The molecule has 6 heteroatoms. The van der Waals surface area contributed by atoms with E-state index >= 15 is 0 Å². The lowest BCUT2D eigenvalue weighted by molar-refractivity contribution is -0.139. The summed E-state index contributed by atoms with van der Waals surface area (Å²) < 4.78 is 14.0. The summed E-state index contributed by atoms with van der Waals surface area (Å²) in [6, 6.07) is 6.94. The summed E-state index contributed by atoms with van der Waals surface area (Å²) in [4.78, 5) is 28.0. The second kappa shape index (κ2) is 8.21. The molecule has 136 valence electrons. The van der Waals surface area contributed by atoms with Crippen LogP contribution in [-0.4, -0.2) is 53.5 Å². The SMILES string of the molecule is CC(=O)N1CCC(C(=O)N2CCSC(c3ccccc3F)CC2)CC1. The monoisotopic (exact) mass is 364 g/mol. The molecular weight excluding hydrogens is 339 g/mol. The molecule has 4 nitrogen and oxygen atoms in total. The van der Waals surface area contributed by atoms with Crippen LogP contribution in [0.2, 0.25) is 0 Å². The summed E-state index contributed by atoms with van der Waals surface area (Å²) in [7, 11) is 0. The Morgan fingerprint density at radius 2 is 1.72 bits per heavy atom. The summed E-state index contributed by atoms with van der Waals surface area (Å²) in [6.45, 7) is 4.33. The molecule has 2 amide bonds. The molecule has 0 saturated carbocycles. The minimum atomic E-state index is -0.156. The molecule has 1 aromatic rings. The van der Waals surface area contributed by atoms with E-state index in [9.17, 15) is 14.0 Å². The number of amides is 2. The van der Waals surface area contributed by atoms with Crippen LogP contribution in [0.4, 0.5) is 4.39 Å². The first-order chi connectivity index (χ1) is 12.1. The molecule has 1 aromatic carbocycles. The number of rotatable bonds is 2. The normalized spacial score (nSPS) is 22.6. The van der Waals surface area contributed by atoms with Gasteiger partial charge in [-0.3, -0.25) is 9.59 Å². The number of carbonyl (C=O) groups excluding carboxylic acids is 2. The van der Waals surface area contributed by atoms with Crippen molar-refractivity contribution in [2.24, 2.45) is 5.92 Å². The standard InChI is InChI=1S/C19H25FN2O2S/c1-14(23)21-9-6-15(7-10-21)19(24)22-11-8-18(25-13-12-22)16-4-2-3-5-17(16)20/h2-5,15,18H,6-13H2,1H3. The van der Waals surface area contributed by atoms with Gasteiger partial charge in [-0.05, 0) is 25.3 Å². The van der Waals surface area contributed by atoms with E-state index in [4.69, 9.17) is 0 Å². The van der Waals surface area contributed by atoms with E-state index in [-0.39, 0.29) is 28.8 Å². The molecule has 2 saturated heterocycles. The fourth-order valence-electron chi connectivity index (χ4n) is 3.67. The predicted molar refractivity (Wildman–Crippen MR) is 97.8 cm³/mol. The van der Waals surface area contributed by atoms with Crippen molar-refractivity contribution in [1.82, 2.24) is 9.80 Å². The molecule has 0 N–H and O–H groups in total. The Balaban J connectivity index is 1.57. The van der Waals surface area contributed by atoms with Gasteiger partial charge in [0.2, 0.25) is 11.8 Å². The zero-order chi connectivity index (χ0) is 17.8. The highest BCUT2D eigenvalue weighted by molar-refractivity contribution is 7.99. The van der Waals surface area contributed by atoms with E-state index in [1.807, 2.05) is 21.9 Å². The number of likely N-dealkylation sites (tertiary alicyclic amines) is 1. The van der Waals surface area contributed by atoms with E-state index in [2.05, 4.69) is 0 Å². The van der Waals surface area contributed by atoms with Crippen molar-refractivity contribution in [3.05, 3.63) is 35.6 Å². The van der Waals surface area contributed by atoms with E-state index < -0.39 is 0 Å². The Kier molecular flexibility index (Phi) is 5.99. The first-order valence-electron chi connectivity index (χ1n) is 8.96. The minimum absolute atomic E-state index is 0.0191. The van der Waals surface area contributed by atoms with Crippen LogP contribution in [-0.2, 0) is 9.59 Å². The Hall–Kier alpha value is -1.56. The molecule has 0 bridgehead atoms. The summed E-state index contributed by atoms with van der Waals surface area (Å²) in [5.74, 6) is 0.988. The number of benzene rings is 1. The number of carbonyl (C=O) groups is 2. The lowest BCUT2D eigenvalue weighted by atomic mass is 9.95. The summed E-state index contributed by atoms with van der Waals surface area (Å²) >= 11 is 1.74. The van der Waals surface area contributed by atoms with Crippen LogP contribution in [0.1, 0.15) is 37.0 Å². The average Bonchev–Trinajstić information content (AvgIpc) is 2.87. The molecule has 0 aliphatic carbocycles. The highest BCUT2D eigenvalue weighted by atomic mass is 32.2. The third-order valence-electron chi connectivity index (χ3n) is 5.19. The topological polar surface area (TPSA) is 40.6 Å². The van der Waals surface area contributed by atoms with Crippen molar-refractivity contribution in [3.63, 3.8) is 0 Å². The number of piperidine rings is 1. The fraction of sp³-hybridized carbons (Fsp3) is 0.579. The van der Waals surface area contributed by atoms with Gasteiger partial charge >= 0.3 is 0 Å². The zero-order valence-corrected chi connectivity index (χ0v) is 15.4. The van der Waals surface area contributed by atoms with Crippen LogP contribution in [0.3, 0.4) is 0 Å². The largest absolute Gasteiger partial charge is 0.343 e. The fourth-order valence-corrected chi connectivity index (χ4v) is 4.93. The maximum Gasteiger partial charge on any atom is 0.225 e. The maximum atomic E-state index is 14.0. The second-order valence-electron chi connectivity index (χ2n) is 6.78. The molecule has 2 fully saturated rings. The molecule has 2 aliphatic rings. The molecule has 0 aromatic heterocycles. The van der Waals surface area contributed by atoms with Crippen LogP contribution in [0.25, 0.3) is 0 Å². The van der Waals surface area contributed by atoms with Gasteiger partial charge in [-0.25, -0.2) is 4.39 Å². The van der Waals surface area contributed by atoms with E-state index in [0.29, 0.717) is 19.6 Å². The van der Waals surface area contributed by atoms with Crippen molar-refractivity contribution in [2.75, 3.05) is 31.9 Å². The number of halogens is 1. The lowest BCUT2D eigenvalue weighted by Crippen LogP contribution is -2.44. The molecule has 25 heavy (non-hydrogen) atoms. The van der Waals surface area contributed by atoms with Crippen LogP contribution in [0, 0.1) is 11.7 Å². The van der Waals surface area contributed by atoms with Crippen molar-refractivity contribution in [2.45, 2.75) is 31.4 Å². The molecule has 2 heterocycles. The van der Waals surface area contributed by atoms with Crippen LogP contribution in [0.5, 0.6) is 0 Å². The first kappa shape index (κ1) is 18.2. The predicted octanol–water partition coefficient (Wildman–Crippen LogP) is 3.09. The van der Waals surface area contributed by atoms with Crippen molar-refractivity contribution in [3.8, 4) is 0 Å². The van der Waals surface area contributed by atoms with Crippen molar-refractivity contribution in [1.29, 1.82) is 0 Å². The molecule has 2 aliphatic heterocycles. The molecule has 1 atom stereocenters. The van der Waals surface area contributed by atoms with Gasteiger partial charge < -0.3 is 9.80 Å². The third kappa shape index (κ3) is 4.35. The Morgan fingerprint density at radius 3 is 2.40 bits per heavy atom. The maximum absolute atomic E-state index is 14.0. The Bertz CT molecular complexity index is 632. The Labute approximate surface area is 152 Å². The number of hydrogen-bond acceptors (Lipinski definition) is 3.